The first-order valence-corrected chi connectivity index (χ1v) is 10.8. The van der Waals surface area contributed by atoms with Crippen LogP contribution < -0.4 is 5.73 Å². The van der Waals surface area contributed by atoms with E-state index in [1.54, 1.807) is 0 Å². The summed E-state index contributed by atoms with van der Waals surface area (Å²) in [6.45, 7) is 4.43. The largest absolute Gasteiger partial charge is 0.421 e. The molecule has 2 amide bonds. The van der Waals surface area contributed by atoms with Crippen molar-refractivity contribution >= 4 is 11.8 Å². The highest BCUT2D eigenvalue weighted by molar-refractivity contribution is 5.95. The molecule has 2 aliphatic carbocycles. The maximum atomic E-state index is 13.2. The molecule has 0 bridgehead atoms. The van der Waals surface area contributed by atoms with Crippen molar-refractivity contribution < 1.29 is 27.9 Å². The third kappa shape index (κ3) is 4.59. The van der Waals surface area contributed by atoms with Crippen LogP contribution >= 0.6 is 0 Å². The van der Waals surface area contributed by atoms with Gasteiger partial charge in [-0.15, -0.1) is 0 Å². The van der Waals surface area contributed by atoms with E-state index in [2.05, 4.69) is 0 Å². The fraction of sp³-hybridized carbons (Fsp3) is 0.652. The third-order valence-electron chi connectivity index (χ3n) is 7.17. The Kier molecular flexibility index (Phi) is 6.17. The average molecular weight is 441 g/mol. The van der Waals surface area contributed by atoms with Crippen LogP contribution in [0.4, 0.5) is 13.2 Å². The van der Waals surface area contributed by atoms with Crippen LogP contribution in [0.5, 0.6) is 0 Å². The summed E-state index contributed by atoms with van der Waals surface area (Å²) in [5.74, 6) is -0.347. The summed E-state index contributed by atoms with van der Waals surface area (Å²) < 4.78 is 39.2. The summed E-state index contributed by atoms with van der Waals surface area (Å²) in [6.07, 6.45) is 0.151. The lowest BCUT2D eigenvalue weighted by Crippen LogP contribution is -2.47. The number of amides is 2. The lowest BCUT2D eigenvalue weighted by Gasteiger charge is -2.41. The summed E-state index contributed by atoms with van der Waals surface area (Å²) in [4.78, 5) is 26.9. The normalized spacial score (nSPS) is 24.4. The van der Waals surface area contributed by atoms with Crippen molar-refractivity contribution in [1.82, 2.24) is 4.90 Å². The maximum absolute atomic E-state index is 13.2. The Labute approximate surface area is 180 Å². The molecule has 0 aliphatic heterocycles. The molecule has 0 heterocycles. The minimum Gasteiger partial charge on any atom is -0.376 e. The molecule has 1 atom stereocenters. The Morgan fingerprint density at radius 3 is 1.77 bits per heavy atom. The fourth-order valence-electron chi connectivity index (χ4n) is 4.51. The van der Waals surface area contributed by atoms with E-state index < -0.39 is 17.2 Å². The molecule has 3 rings (SSSR count). The second kappa shape index (κ2) is 8.11. The van der Waals surface area contributed by atoms with Crippen molar-refractivity contribution in [2.45, 2.75) is 83.2 Å². The van der Waals surface area contributed by atoms with E-state index in [1.165, 1.54) is 12.1 Å². The second-order valence-electron chi connectivity index (χ2n) is 9.68. The zero-order valence-electron chi connectivity index (χ0n) is 18.2. The van der Waals surface area contributed by atoms with Crippen LogP contribution in [0.1, 0.15) is 75.2 Å². The Morgan fingerprint density at radius 2 is 1.39 bits per heavy atom. The Hall–Kier alpha value is -2.09. The molecule has 0 radical (unpaired) electrons. The summed E-state index contributed by atoms with van der Waals surface area (Å²) in [7, 11) is 0. The molecule has 2 fully saturated rings. The molecule has 2 saturated carbocycles. The number of carbonyl (C=O) groups excluding carboxylic acids is 2. The van der Waals surface area contributed by atoms with Crippen LogP contribution in [-0.4, -0.2) is 40.1 Å². The topological polar surface area (TPSA) is 83.6 Å². The molecule has 1 aromatic carbocycles. The van der Waals surface area contributed by atoms with Crippen LogP contribution in [0.2, 0.25) is 0 Å². The highest BCUT2D eigenvalue weighted by Gasteiger charge is 2.51. The summed E-state index contributed by atoms with van der Waals surface area (Å²) >= 11 is 0. The molecule has 0 unspecified atom stereocenters. The van der Waals surface area contributed by atoms with Gasteiger partial charge in [0.1, 0.15) is 0 Å². The lowest BCUT2D eigenvalue weighted by molar-refractivity contribution is -0.258. The van der Waals surface area contributed by atoms with Crippen molar-refractivity contribution in [2.75, 3.05) is 0 Å². The predicted molar refractivity (Wildman–Crippen MR) is 110 cm³/mol. The van der Waals surface area contributed by atoms with Crippen LogP contribution in [0.15, 0.2) is 24.3 Å². The molecule has 3 N–H and O–H groups in total. The average Bonchev–Trinajstić information content (AvgIpc) is 3.52. The van der Waals surface area contributed by atoms with E-state index >= 15 is 0 Å². The first kappa shape index (κ1) is 23.6. The molecule has 1 aromatic rings. The van der Waals surface area contributed by atoms with Gasteiger partial charge in [0.25, 0.3) is 5.91 Å². The van der Waals surface area contributed by atoms with Gasteiger partial charge in [-0.2, -0.15) is 13.2 Å². The Bertz CT molecular complexity index is 821. The van der Waals surface area contributed by atoms with Gasteiger partial charge in [-0.1, -0.05) is 26.0 Å². The zero-order valence-corrected chi connectivity index (χ0v) is 18.2. The van der Waals surface area contributed by atoms with E-state index in [9.17, 15) is 27.9 Å². The number of aliphatic hydroxyl groups is 1. The van der Waals surface area contributed by atoms with Gasteiger partial charge in [-0.3, -0.25) is 9.59 Å². The van der Waals surface area contributed by atoms with Gasteiger partial charge in [0.2, 0.25) is 5.91 Å². The van der Waals surface area contributed by atoms with Gasteiger partial charge in [0, 0.05) is 23.1 Å². The number of rotatable bonds is 6. The molecule has 2 aliphatic rings. The molecule has 8 heteroatoms. The van der Waals surface area contributed by atoms with E-state index in [4.69, 9.17) is 5.73 Å². The van der Waals surface area contributed by atoms with Gasteiger partial charge in [0.15, 0.2) is 5.60 Å². The zero-order chi connectivity index (χ0) is 23.2. The second-order valence-corrected chi connectivity index (χ2v) is 9.68. The molecule has 31 heavy (non-hydrogen) atoms. The van der Waals surface area contributed by atoms with E-state index in [-0.39, 0.29) is 35.4 Å². The SMILES string of the molecule is CC(C)(C(N)=O)C1CCC(N(C(=O)c2ccc([C@](C)(O)C(F)(F)F)cc2)C2CC2)CC1. The first-order valence-electron chi connectivity index (χ1n) is 10.8. The maximum Gasteiger partial charge on any atom is 0.421 e. The van der Waals surface area contributed by atoms with Gasteiger partial charge in [0.05, 0.1) is 0 Å². The van der Waals surface area contributed by atoms with Crippen molar-refractivity contribution in [2.24, 2.45) is 17.1 Å². The highest BCUT2D eigenvalue weighted by atomic mass is 19.4. The fourth-order valence-corrected chi connectivity index (χ4v) is 4.51. The van der Waals surface area contributed by atoms with Crippen LogP contribution in [0.3, 0.4) is 0 Å². The number of nitrogens with zero attached hydrogens (tertiary/aromatic N) is 1. The highest BCUT2D eigenvalue weighted by Crippen LogP contribution is 2.42. The van der Waals surface area contributed by atoms with E-state index in [0.29, 0.717) is 12.5 Å². The lowest BCUT2D eigenvalue weighted by atomic mass is 9.69. The van der Waals surface area contributed by atoms with Crippen LogP contribution in [0.25, 0.3) is 0 Å². The first-order chi connectivity index (χ1) is 14.3. The number of hydrogen-bond donors (Lipinski definition) is 2. The number of alkyl halides is 3. The molecule has 0 aromatic heterocycles. The molecule has 172 valence electrons. The van der Waals surface area contributed by atoms with Crippen LogP contribution in [0, 0.1) is 11.3 Å². The van der Waals surface area contributed by atoms with Crippen molar-refractivity contribution in [3.8, 4) is 0 Å². The standard InChI is InChI=1S/C23H31F3N2O3/c1-21(2,20(27)30)15-8-10-17(11-9-15)28(18-12-13-18)19(29)14-4-6-16(7-5-14)22(3,31)23(24,25)26/h4-7,15,17-18,31H,8-13H2,1-3H3,(H2,27,30)/t15?,17?,22-/m0/s1. The number of benzene rings is 1. The molecular weight excluding hydrogens is 409 g/mol. The van der Waals surface area contributed by atoms with Crippen molar-refractivity contribution in [3.63, 3.8) is 0 Å². The number of hydrogen-bond acceptors (Lipinski definition) is 3. The van der Waals surface area contributed by atoms with Crippen molar-refractivity contribution in [1.29, 1.82) is 0 Å². The molecule has 0 saturated heterocycles. The smallest absolute Gasteiger partial charge is 0.376 e. The number of carbonyl (C=O) groups is 2. The minimum absolute atomic E-state index is 0.0397. The van der Waals surface area contributed by atoms with Gasteiger partial charge < -0.3 is 15.7 Å². The summed E-state index contributed by atoms with van der Waals surface area (Å²) in [5, 5.41) is 9.84. The monoisotopic (exact) mass is 440 g/mol. The quantitative estimate of drug-likeness (QED) is 0.698. The number of primary amides is 1. The number of nitrogens with two attached hydrogens (primary N) is 1. The van der Waals surface area contributed by atoms with Crippen LogP contribution in [-0.2, 0) is 10.4 Å². The summed E-state index contributed by atoms with van der Waals surface area (Å²) in [6, 6.07) is 5.23. The Morgan fingerprint density at radius 1 is 0.935 bits per heavy atom. The van der Waals surface area contributed by atoms with E-state index in [0.717, 1.165) is 50.7 Å². The number of halogens is 3. The minimum atomic E-state index is -4.81. The van der Waals surface area contributed by atoms with E-state index in [1.807, 2.05) is 18.7 Å². The third-order valence-corrected chi connectivity index (χ3v) is 7.17. The summed E-state index contributed by atoms with van der Waals surface area (Å²) in [5.41, 5.74) is 2.00. The van der Waals surface area contributed by atoms with Crippen molar-refractivity contribution in [3.05, 3.63) is 35.4 Å². The van der Waals surface area contributed by atoms with Gasteiger partial charge >= 0.3 is 6.18 Å². The Balaban J connectivity index is 1.73. The predicted octanol–water partition coefficient (Wildman–Crippen LogP) is 4.13. The molecule has 5 nitrogen and oxygen atoms in total. The van der Waals surface area contributed by atoms with Gasteiger partial charge in [-0.25, -0.2) is 0 Å². The molecule has 0 spiro atoms. The molecular formula is C23H31F3N2O3. The van der Waals surface area contributed by atoms with Gasteiger partial charge in [-0.05, 0) is 69.1 Å².